The fourth-order valence-electron chi connectivity index (χ4n) is 2.95. The Hall–Kier alpha value is -3.93. The van der Waals surface area contributed by atoms with Crippen molar-refractivity contribution < 1.29 is 14.4 Å². The Labute approximate surface area is 175 Å². The van der Waals surface area contributed by atoms with Crippen molar-refractivity contribution in [1.29, 1.82) is 0 Å². The van der Waals surface area contributed by atoms with E-state index in [0.717, 1.165) is 0 Å². The van der Waals surface area contributed by atoms with Gasteiger partial charge in [0, 0.05) is 30.9 Å². The summed E-state index contributed by atoms with van der Waals surface area (Å²) in [5.41, 5.74) is 2.05. The fraction of sp³-hybridized carbons (Fsp3) is 0.125. The SMILES string of the molecule is CN(C)C(=O)c1cccc(NC(=O)C(NC(=O)c2ccccc2)c2ccccc2)c1. The third-order valence-electron chi connectivity index (χ3n) is 4.49. The number of nitrogens with zero attached hydrogens (tertiary/aromatic N) is 1. The second-order valence-electron chi connectivity index (χ2n) is 6.95. The lowest BCUT2D eigenvalue weighted by Crippen LogP contribution is -2.37. The Kier molecular flexibility index (Phi) is 6.60. The van der Waals surface area contributed by atoms with Gasteiger partial charge in [-0.15, -0.1) is 0 Å². The average molecular weight is 401 g/mol. The molecule has 3 aromatic carbocycles. The highest BCUT2D eigenvalue weighted by Crippen LogP contribution is 2.18. The molecule has 0 aromatic heterocycles. The Bertz CT molecular complexity index is 1030. The first-order valence-electron chi connectivity index (χ1n) is 9.49. The average Bonchev–Trinajstić information content (AvgIpc) is 2.78. The van der Waals surface area contributed by atoms with Crippen molar-refractivity contribution in [2.75, 3.05) is 19.4 Å². The molecule has 152 valence electrons. The van der Waals surface area contributed by atoms with Crippen LogP contribution in [-0.2, 0) is 4.79 Å². The smallest absolute Gasteiger partial charge is 0.253 e. The minimum Gasteiger partial charge on any atom is -0.345 e. The number of carbonyl (C=O) groups excluding carboxylic acids is 3. The third kappa shape index (κ3) is 5.11. The van der Waals surface area contributed by atoms with Crippen molar-refractivity contribution >= 4 is 23.4 Å². The monoisotopic (exact) mass is 401 g/mol. The van der Waals surface area contributed by atoms with Crippen molar-refractivity contribution in [2.45, 2.75) is 6.04 Å². The third-order valence-corrected chi connectivity index (χ3v) is 4.49. The van der Waals surface area contributed by atoms with E-state index in [1.165, 1.54) is 4.90 Å². The molecule has 30 heavy (non-hydrogen) atoms. The van der Waals surface area contributed by atoms with Gasteiger partial charge in [-0.05, 0) is 35.9 Å². The molecule has 3 rings (SSSR count). The number of hydrogen-bond acceptors (Lipinski definition) is 3. The quantitative estimate of drug-likeness (QED) is 0.664. The second kappa shape index (κ2) is 9.52. The molecule has 6 heteroatoms. The van der Waals surface area contributed by atoms with E-state index in [-0.39, 0.29) is 11.8 Å². The van der Waals surface area contributed by atoms with Gasteiger partial charge in [0.05, 0.1) is 0 Å². The van der Waals surface area contributed by atoms with E-state index < -0.39 is 11.9 Å². The first kappa shape index (κ1) is 20.8. The first-order valence-corrected chi connectivity index (χ1v) is 9.49. The van der Waals surface area contributed by atoms with E-state index >= 15 is 0 Å². The van der Waals surface area contributed by atoms with Crippen molar-refractivity contribution in [3.63, 3.8) is 0 Å². The molecular formula is C24H23N3O3. The van der Waals surface area contributed by atoms with Crippen molar-refractivity contribution in [3.05, 3.63) is 102 Å². The molecule has 1 unspecified atom stereocenters. The van der Waals surface area contributed by atoms with E-state index in [1.807, 2.05) is 12.1 Å². The number of benzene rings is 3. The number of rotatable bonds is 6. The summed E-state index contributed by atoms with van der Waals surface area (Å²) in [4.78, 5) is 39.4. The van der Waals surface area contributed by atoms with Crippen LogP contribution in [0.3, 0.4) is 0 Å². The van der Waals surface area contributed by atoms with Crippen molar-refractivity contribution in [3.8, 4) is 0 Å². The van der Waals surface area contributed by atoms with Gasteiger partial charge in [0.2, 0.25) is 0 Å². The molecule has 3 aromatic rings. The molecule has 0 saturated carbocycles. The van der Waals surface area contributed by atoms with Crippen LogP contribution in [0.5, 0.6) is 0 Å². The summed E-state index contributed by atoms with van der Waals surface area (Å²) in [5.74, 6) is -0.917. The molecule has 2 N–H and O–H groups in total. The second-order valence-corrected chi connectivity index (χ2v) is 6.95. The predicted molar refractivity (Wildman–Crippen MR) is 116 cm³/mol. The highest BCUT2D eigenvalue weighted by Gasteiger charge is 2.23. The topological polar surface area (TPSA) is 78.5 Å². The molecule has 0 aliphatic heterocycles. The molecule has 0 fully saturated rings. The Balaban J connectivity index is 1.83. The first-order chi connectivity index (χ1) is 14.5. The Morgan fingerprint density at radius 3 is 2.00 bits per heavy atom. The van der Waals surface area contributed by atoms with Gasteiger partial charge >= 0.3 is 0 Å². The number of nitrogens with one attached hydrogen (secondary N) is 2. The van der Waals surface area contributed by atoms with Crippen molar-refractivity contribution in [2.24, 2.45) is 0 Å². The van der Waals surface area contributed by atoms with Crippen LogP contribution in [0, 0.1) is 0 Å². The summed E-state index contributed by atoms with van der Waals surface area (Å²) in [5, 5.41) is 5.61. The van der Waals surface area contributed by atoms with Gasteiger partial charge < -0.3 is 15.5 Å². The lowest BCUT2D eigenvalue weighted by molar-refractivity contribution is -0.118. The standard InChI is InChI=1S/C24H23N3O3/c1-27(2)24(30)19-14-9-15-20(16-19)25-23(29)21(17-10-5-3-6-11-17)26-22(28)18-12-7-4-8-13-18/h3-16,21H,1-2H3,(H,25,29)(H,26,28). The van der Waals surface area contributed by atoms with Gasteiger partial charge in [-0.2, -0.15) is 0 Å². The zero-order chi connectivity index (χ0) is 21.5. The molecule has 0 aliphatic rings. The summed E-state index contributed by atoms with van der Waals surface area (Å²) in [6.45, 7) is 0. The number of anilines is 1. The molecule has 0 bridgehead atoms. The Morgan fingerprint density at radius 1 is 0.767 bits per heavy atom. The number of hydrogen-bond donors (Lipinski definition) is 2. The largest absolute Gasteiger partial charge is 0.345 e. The van der Waals surface area contributed by atoms with Gasteiger partial charge in [-0.25, -0.2) is 0 Å². The van der Waals surface area contributed by atoms with Gasteiger partial charge in [-0.3, -0.25) is 14.4 Å². The molecular weight excluding hydrogens is 378 g/mol. The number of amides is 3. The molecule has 1 atom stereocenters. The van der Waals surface area contributed by atoms with Crippen LogP contribution in [0.25, 0.3) is 0 Å². The molecule has 3 amide bonds. The van der Waals surface area contributed by atoms with Crippen LogP contribution in [0.4, 0.5) is 5.69 Å². The van der Waals surface area contributed by atoms with E-state index in [4.69, 9.17) is 0 Å². The van der Waals surface area contributed by atoms with Crippen LogP contribution in [0.2, 0.25) is 0 Å². The maximum atomic E-state index is 13.1. The van der Waals surface area contributed by atoms with Crippen LogP contribution in [-0.4, -0.2) is 36.7 Å². The summed E-state index contributed by atoms with van der Waals surface area (Å²) >= 11 is 0. The fourth-order valence-corrected chi connectivity index (χ4v) is 2.95. The van der Waals surface area contributed by atoms with Gasteiger partial charge in [0.25, 0.3) is 17.7 Å². The summed E-state index contributed by atoms with van der Waals surface area (Å²) < 4.78 is 0. The lowest BCUT2D eigenvalue weighted by atomic mass is 10.0. The molecule has 0 aliphatic carbocycles. The lowest BCUT2D eigenvalue weighted by Gasteiger charge is -2.19. The van der Waals surface area contributed by atoms with Crippen LogP contribution in [0.15, 0.2) is 84.9 Å². The molecule has 0 heterocycles. The van der Waals surface area contributed by atoms with E-state index in [2.05, 4.69) is 10.6 Å². The van der Waals surface area contributed by atoms with Gasteiger partial charge in [0.15, 0.2) is 0 Å². The summed E-state index contributed by atoms with van der Waals surface area (Å²) in [6, 6.07) is 23.5. The van der Waals surface area contributed by atoms with Crippen LogP contribution < -0.4 is 10.6 Å². The number of carbonyl (C=O) groups is 3. The van der Waals surface area contributed by atoms with Gasteiger partial charge in [-0.1, -0.05) is 54.6 Å². The summed E-state index contributed by atoms with van der Waals surface area (Å²) in [7, 11) is 3.33. The van der Waals surface area contributed by atoms with Crippen molar-refractivity contribution in [1.82, 2.24) is 10.2 Å². The molecule has 0 radical (unpaired) electrons. The molecule has 0 spiro atoms. The zero-order valence-electron chi connectivity index (χ0n) is 16.8. The summed E-state index contributed by atoms with van der Waals surface area (Å²) in [6.07, 6.45) is 0. The maximum absolute atomic E-state index is 13.1. The van der Waals surface area contributed by atoms with E-state index in [9.17, 15) is 14.4 Å². The van der Waals surface area contributed by atoms with Crippen LogP contribution in [0.1, 0.15) is 32.3 Å². The maximum Gasteiger partial charge on any atom is 0.253 e. The minimum absolute atomic E-state index is 0.164. The van der Waals surface area contributed by atoms with E-state index in [0.29, 0.717) is 22.4 Å². The Morgan fingerprint density at radius 2 is 1.37 bits per heavy atom. The van der Waals surface area contributed by atoms with E-state index in [1.54, 1.807) is 86.9 Å². The highest BCUT2D eigenvalue weighted by molar-refractivity contribution is 6.02. The highest BCUT2D eigenvalue weighted by atomic mass is 16.2. The predicted octanol–water partition coefficient (Wildman–Crippen LogP) is 3.50. The molecule has 0 saturated heterocycles. The molecule has 6 nitrogen and oxygen atoms in total. The van der Waals surface area contributed by atoms with Gasteiger partial charge in [0.1, 0.15) is 6.04 Å². The van der Waals surface area contributed by atoms with Crippen LogP contribution >= 0.6 is 0 Å². The normalized spacial score (nSPS) is 11.3. The zero-order valence-corrected chi connectivity index (χ0v) is 16.8. The minimum atomic E-state index is -0.896.